The summed E-state index contributed by atoms with van der Waals surface area (Å²) in [5.74, 6) is -0.294. The Morgan fingerprint density at radius 2 is 2.11 bits per heavy atom. The lowest BCUT2D eigenvalue weighted by Gasteiger charge is -2.11. The number of nitrogens with one attached hydrogen (secondary N) is 1. The number of amides is 1. The van der Waals surface area contributed by atoms with E-state index in [1.165, 1.54) is 0 Å². The summed E-state index contributed by atoms with van der Waals surface area (Å²) < 4.78 is 4.53. The van der Waals surface area contributed by atoms with Crippen LogP contribution in [-0.2, 0) is 6.42 Å². The molecule has 94 valence electrons. The van der Waals surface area contributed by atoms with Gasteiger partial charge in [0.2, 0.25) is 0 Å². The number of rotatable bonds is 3. The van der Waals surface area contributed by atoms with Gasteiger partial charge in [-0.15, -0.1) is 0 Å². The fourth-order valence-electron chi connectivity index (χ4n) is 1.81. The molecular weight excluding hydrogens is 230 g/mol. The van der Waals surface area contributed by atoms with Crippen molar-refractivity contribution in [3.63, 3.8) is 0 Å². The molecule has 0 bridgehead atoms. The lowest BCUT2D eigenvalue weighted by Crippen LogP contribution is -2.15. The quantitative estimate of drug-likeness (QED) is 0.902. The topological polar surface area (TPSA) is 68.0 Å². The molecule has 5 nitrogen and oxygen atoms in total. The molecule has 0 saturated carbocycles. The van der Waals surface area contributed by atoms with Crippen LogP contribution in [0.3, 0.4) is 0 Å². The van der Waals surface area contributed by atoms with Crippen LogP contribution >= 0.6 is 0 Å². The fraction of sp³-hybridized carbons (Fsp3) is 0.308. The highest BCUT2D eigenvalue weighted by Gasteiger charge is 2.16. The third-order valence-corrected chi connectivity index (χ3v) is 2.85. The zero-order chi connectivity index (χ0) is 13.1. The van der Waals surface area contributed by atoms with E-state index in [0.29, 0.717) is 5.69 Å². The van der Waals surface area contributed by atoms with E-state index in [-0.39, 0.29) is 11.6 Å². The number of anilines is 1. The van der Waals surface area contributed by atoms with E-state index in [1.54, 1.807) is 6.92 Å². The minimum Gasteiger partial charge on any atom is -0.320 e. The average molecular weight is 245 g/mol. The van der Waals surface area contributed by atoms with Gasteiger partial charge in [0.05, 0.1) is 0 Å². The van der Waals surface area contributed by atoms with Crippen LogP contribution in [-0.4, -0.2) is 16.2 Å². The van der Waals surface area contributed by atoms with E-state index < -0.39 is 0 Å². The standard InChI is InChI=1S/C13H15N3O2/c1-4-10-7-5-6-8(2)11(10)14-13(17)12-9(3)15-18-16-12/h5-7H,4H2,1-3H3,(H,14,17). The van der Waals surface area contributed by atoms with Gasteiger partial charge in [-0.1, -0.05) is 30.3 Å². The average Bonchev–Trinajstić information content (AvgIpc) is 2.78. The maximum absolute atomic E-state index is 12.0. The Labute approximate surface area is 105 Å². The van der Waals surface area contributed by atoms with Gasteiger partial charge in [-0.3, -0.25) is 4.79 Å². The summed E-state index contributed by atoms with van der Waals surface area (Å²) >= 11 is 0. The summed E-state index contributed by atoms with van der Waals surface area (Å²) in [6, 6.07) is 5.94. The van der Waals surface area contributed by atoms with Crippen molar-refractivity contribution in [2.45, 2.75) is 27.2 Å². The van der Waals surface area contributed by atoms with Gasteiger partial charge in [0.25, 0.3) is 5.91 Å². The third-order valence-electron chi connectivity index (χ3n) is 2.85. The van der Waals surface area contributed by atoms with Crippen LogP contribution in [0.15, 0.2) is 22.8 Å². The van der Waals surface area contributed by atoms with Crippen LogP contribution in [0.4, 0.5) is 5.69 Å². The normalized spacial score (nSPS) is 10.4. The summed E-state index contributed by atoms with van der Waals surface area (Å²) in [6.07, 6.45) is 0.855. The zero-order valence-corrected chi connectivity index (χ0v) is 10.7. The largest absolute Gasteiger partial charge is 0.320 e. The van der Waals surface area contributed by atoms with Crippen molar-refractivity contribution >= 4 is 11.6 Å². The minimum absolute atomic E-state index is 0.223. The van der Waals surface area contributed by atoms with Crippen molar-refractivity contribution in [3.05, 3.63) is 40.7 Å². The molecule has 5 heteroatoms. The first kappa shape index (κ1) is 12.3. The highest BCUT2D eigenvalue weighted by molar-refractivity contribution is 6.04. The highest BCUT2D eigenvalue weighted by Crippen LogP contribution is 2.21. The molecule has 1 aromatic heterocycles. The van der Waals surface area contributed by atoms with Gasteiger partial charge < -0.3 is 5.32 Å². The summed E-state index contributed by atoms with van der Waals surface area (Å²) in [7, 11) is 0. The lowest BCUT2D eigenvalue weighted by atomic mass is 10.1. The van der Waals surface area contributed by atoms with Gasteiger partial charge in [-0.05, 0) is 36.6 Å². The van der Waals surface area contributed by atoms with Gasteiger partial charge in [0.15, 0.2) is 5.69 Å². The van der Waals surface area contributed by atoms with Gasteiger partial charge >= 0.3 is 0 Å². The number of carbonyl (C=O) groups excluding carboxylic acids is 1. The summed E-state index contributed by atoms with van der Waals surface area (Å²) in [4.78, 5) is 12.0. The predicted molar refractivity (Wildman–Crippen MR) is 67.5 cm³/mol. The number of hydrogen-bond donors (Lipinski definition) is 1. The number of benzene rings is 1. The molecule has 18 heavy (non-hydrogen) atoms. The Hall–Kier alpha value is -2.17. The van der Waals surface area contributed by atoms with Crippen LogP contribution in [0.25, 0.3) is 0 Å². The molecule has 0 aliphatic carbocycles. The second-order valence-electron chi connectivity index (χ2n) is 4.11. The van der Waals surface area contributed by atoms with Crippen molar-refractivity contribution in [1.82, 2.24) is 10.3 Å². The minimum atomic E-state index is -0.294. The second-order valence-corrected chi connectivity index (χ2v) is 4.11. The van der Waals surface area contributed by atoms with E-state index in [0.717, 1.165) is 23.2 Å². The van der Waals surface area contributed by atoms with E-state index >= 15 is 0 Å². The molecule has 0 aliphatic rings. The molecule has 1 amide bonds. The molecule has 0 fully saturated rings. The zero-order valence-electron chi connectivity index (χ0n) is 10.7. The molecule has 1 heterocycles. The van der Waals surface area contributed by atoms with Crippen LogP contribution < -0.4 is 5.32 Å². The predicted octanol–water partition coefficient (Wildman–Crippen LogP) is 2.50. The Morgan fingerprint density at radius 1 is 1.33 bits per heavy atom. The molecule has 0 atom stereocenters. The molecule has 0 radical (unpaired) electrons. The Kier molecular flexibility index (Phi) is 3.41. The van der Waals surface area contributed by atoms with Crippen LogP contribution in [0.2, 0.25) is 0 Å². The number of hydrogen-bond acceptors (Lipinski definition) is 4. The Bertz CT molecular complexity index is 575. The summed E-state index contributed by atoms with van der Waals surface area (Å²) in [5, 5.41) is 10.1. The van der Waals surface area contributed by atoms with E-state index in [2.05, 4.69) is 20.3 Å². The number of aromatic nitrogens is 2. The van der Waals surface area contributed by atoms with Crippen molar-refractivity contribution in [3.8, 4) is 0 Å². The van der Waals surface area contributed by atoms with Crippen LogP contribution in [0.5, 0.6) is 0 Å². The van der Waals surface area contributed by atoms with Gasteiger partial charge in [-0.25, -0.2) is 4.63 Å². The first-order valence-electron chi connectivity index (χ1n) is 5.82. The van der Waals surface area contributed by atoms with Gasteiger partial charge in [0, 0.05) is 5.69 Å². The monoisotopic (exact) mass is 245 g/mol. The Balaban J connectivity index is 2.30. The van der Waals surface area contributed by atoms with Crippen molar-refractivity contribution in [2.75, 3.05) is 5.32 Å². The van der Waals surface area contributed by atoms with Crippen molar-refractivity contribution < 1.29 is 9.42 Å². The number of carbonyl (C=O) groups is 1. The summed E-state index contributed by atoms with van der Waals surface area (Å²) in [6.45, 7) is 5.69. The smallest absolute Gasteiger partial charge is 0.279 e. The SMILES string of the molecule is CCc1cccc(C)c1NC(=O)c1nonc1C. The molecular formula is C13H15N3O2. The van der Waals surface area contributed by atoms with Gasteiger partial charge in [0.1, 0.15) is 5.69 Å². The number of nitrogens with zero attached hydrogens (tertiary/aromatic N) is 2. The van der Waals surface area contributed by atoms with Crippen LogP contribution in [0.1, 0.15) is 34.2 Å². The third kappa shape index (κ3) is 2.25. The lowest BCUT2D eigenvalue weighted by molar-refractivity contribution is 0.101. The maximum Gasteiger partial charge on any atom is 0.279 e. The molecule has 2 aromatic rings. The van der Waals surface area contributed by atoms with E-state index in [1.807, 2.05) is 32.0 Å². The number of para-hydroxylation sites is 1. The highest BCUT2D eigenvalue weighted by atomic mass is 16.6. The van der Waals surface area contributed by atoms with E-state index in [4.69, 9.17) is 0 Å². The molecule has 0 unspecified atom stereocenters. The second kappa shape index (κ2) is 5.00. The molecule has 1 N–H and O–H groups in total. The molecule has 2 rings (SSSR count). The fourth-order valence-corrected chi connectivity index (χ4v) is 1.81. The first-order valence-corrected chi connectivity index (χ1v) is 5.82. The Morgan fingerprint density at radius 3 is 2.72 bits per heavy atom. The molecule has 1 aromatic carbocycles. The van der Waals surface area contributed by atoms with Gasteiger partial charge in [-0.2, -0.15) is 0 Å². The van der Waals surface area contributed by atoms with Crippen molar-refractivity contribution in [1.29, 1.82) is 0 Å². The molecule has 0 spiro atoms. The summed E-state index contributed by atoms with van der Waals surface area (Å²) in [5.41, 5.74) is 3.67. The number of aryl methyl sites for hydroxylation is 3. The van der Waals surface area contributed by atoms with E-state index in [9.17, 15) is 4.79 Å². The maximum atomic E-state index is 12.0. The molecule has 0 saturated heterocycles. The first-order chi connectivity index (χ1) is 8.63. The van der Waals surface area contributed by atoms with Crippen LogP contribution in [0, 0.1) is 13.8 Å². The van der Waals surface area contributed by atoms with Crippen molar-refractivity contribution in [2.24, 2.45) is 0 Å². The molecule has 0 aliphatic heterocycles.